The van der Waals surface area contributed by atoms with Crippen LogP contribution >= 0.6 is 0 Å². The van der Waals surface area contributed by atoms with E-state index in [9.17, 15) is 18.5 Å². The summed E-state index contributed by atoms with van der Waals surface area (Å²) in [7, 11) is -3.19. The van der Waals surface area contributed by atoms with Crippen LogP contribution in [0.15, 0.2) is 29.8 Å². The molecule has 0 amide bonds. The lowest BCUT2D eigenvalue weighted by molar-refractivity contribution is -0.384. The van der Waals surface area contributed by atoms with Crippen LogP contribution in [-0.4, -0.2) is 30.1 Å². The molecule has 2 rings (SSSR count). The molecule has 1 aromatic rings. The zero-order valence-corrected chi connectivity index (χ0v) is 9.42. The fourth-order valence-electron chi connectivity index (χ4n) is 1.50. The minimum absolute atomic E-state index is 0.0734. The van der Waals surface area contributed by atoms with E-state index < -0.39 is 20.8 Å². The van der Waals surface area contributed by atoms with Crippen LogP contribution in [-0.2, 0) is 9.84 Å². The lowest BCUT2D eigenvalue weighted by Crippen LogP contribution is -2.22. The smallest absolute Gasteiger partial charge is 0.311 e. The van der Waals surface area contributed by atoms with Crippen LogP contribution in [0.5, 0.6) is 0 Å². The van der Waals surface area contributed by atoms with Crippen molar-refractivity contribution in [1.29, 1.82) is 0 Å². The minimum atomic E-state index is -3.19. The van der Waals surface area contributed by atoms with Crippen LogP contribution in [0, 0.1) is 10.1 Å². The Balaban J connectivity index is 2.21. The number of pyridine rings is 1. The molecule has 90 valence electrons. The molecule has 1 unspecified atom stereocenters. The van der Waals surface area contributed by atoms with Crippen molar-refractivity contribution >= 4 is 21.3 Å². The van der Waals surface area contributed by atoms with Crippen molar-refractivity contribution in [2.24, 2.45) is 0 Å². The van der Waals surface area contributed by atoms with Crippen molar-refractivity contribution in [2.75, 3.05) is 11.1 Å². The van der Waals surface area contributed by atoms with E-state index in [1.165, 1.54) is 24.4 Å². The predicted molar refractivity (Wildman–Crippen MR) is 61.2 cm³/mol. The van der Waals surface area contributed by atoms with Gasteiger partial charge >= 0.3 is 5.69 Å². The lowest BCUT2D eigenvalue weighted by atomic mass is 10.3. The van der Waals surface area contributed by atoms with Gasteiger partial charge in [-0.25, -0.2) is 13.4 Å². The SMILES string of the molecule is O=[N+]([O-])c1cccnc1NC1C=CS(=O)(=O)C1. The molecule has 0 bridgehead atoms. The summed E-state index contributed by atoms with van der Waals surface area (Å²) in [5.41, 5.74) is -0.176. The summed E-state index contributed by atoms with van der Waals surface area (Å²) in [6, 6.07) is 2.28. The Morgan fingerprint density at radius 2 is 2.29 bits per heavy atom. The molecule has 8 heteroatoms. The molecule has 0 radical (unpaired) electrons. The van der Waals surface area contributed by atoms with Gasteiger partial charge in [0.05, 0.1) is 16.7 Å². The van der Waals surface area contributed by atoms with Crippen molar-refractivity contribution in [3.63, 3.8) is 0 Å². The second-order valence-electron chi connectivity index (χ2n) is 3.54. The number of rotatable bonds is 3. The second kappa shape index (κ2) is 4.13. The maximum atomic E-state index is 11.2. The van der Waals surface area contributed by atoms with E-state index in [4.69, 9.17) is 0 Å². The molecule has 0 saturated heterocycles. The highest BCUT2D eigenvalue weighted by molar-refractivity contribution is 7.94. The van der Waals surface area contributed by atoms with Gasteiger partial charge in [-0.15, -0.1) is 0 Å². The molecular weight excluding hydrogens is 246 g/mol. The third-order valence-electron chi connectivity index (χ3n) is 2.24. The molecule has 0 aromatic carbocycles. The van der Waals surface area contributed by atoms with Crippen molar-refractivity contribution in [1.82, 2.24) is 4.98 Å². The first-order chi connectivity index (χ1) is 7.98. The molecule has 0 saturated carbocycles. The maximum Gasteiger partial charge on any atom is 0.311 e. The average molecular weight is 255 g/mol. The quantitative estimate of drug-likeness (QED) is 0.630. The fourth-order valence-corrected chi connectivity index (χ4v) is 2.73. The van der Waals surface area contributed by atoms with Gasteiger partial charge in [-0.05, 0) is 12.1 Å². The van der Waals surface area contributed by atoms with Crippen LogP contribution in [0.2, 0.25) is 0 Å². The normalized spacial score (nSPS) is 21.3. The molecule has 1 aliphatic heterocycles. The Morgan fingerprint density at radius 1 is 1.53 bits per heavy atom. The van der Waals surface area contributed by atoms with Gasteiger partial charge in [0.2, 0.25) is 5.82 Å². The maximum absolute atomic E-state index is 11.2. The average Bonchev–Trinajstić information content (AvgIpc) is 2.58. The highest BCUT2D eigenvalue weighted by Crippen LogP contribution is 2.22. The van der Waals surface area contributed by atoms with Gasteiger partial charge in [0.1, 0.15) is 0 Å². The fraction of sp³-hybridized carbons (Fsp3) is 0.222. The summed E-state index contributed by atoms with van der Waals surface area (Å²) in [4.78, 5) is 14.0. The Morgan fingerprint density at radius 3 is 2.88 bits per heavy atom. The van der Waals surface area contributed by atoms with Crippen LogP contribution < -0.4 is 5.32 Å². The number of nitrogens with one attached hydrogen (secondary N) is 1. The van der Waals surface area contributed by atoms with E-state index in [2.05, 4.69) is 10.3 Å². The van der Waals surface area contributed by atoms with E-state index in [1.54, 1.807) is 0 Å². The Hall–Kier alpha value is -1.96. The summed E-state index contributed by atoms with van der Waals surface area (Å²) >= 11 is 0. The van der Waals surface area contributed by atoms with Crippen LogP contribution in [0.25, 0.3) is 0 Å². The standard InChI is InChI=1S/C9H9N3O4S/c13-12(14)8-2-1-4-10-9(8)11-7-3-5-17(15,16)6-7/h1-5,7H,6H2,(H,10,11). The van der Waals surface area contributed by atoms with E-state index in [0.717, 1.165) is 5.41 Å². The molecule has 0 aliphatic carbocycles. The van der Waals surface area contributed by atoms with Crippen molar-refractivity contribution in [3.8, 4) is 0 Å². The molecule has 0 spiro atoms. The number of hydrogen-bond donors (Lipinski definition) is 1. The molecule has 0 fully saturated rings. The summed E-state index contributed by atoms with van der Waals surface area (Å²) in [5.74, 6) is -0.0370. The largest absolute Gasteiger partial charge is 0.357 e. The van der Waals surface area contributed by atoms with Crippen LogP contribution in [0.1, 0.15) is 0 Å². The topological polar surface area (TPSA) is 102 Å². The molecular formula is C9H9N3O4S. The van der Waals surface area contributed by atoms with Gasteiger partial charge in [-0.1, -0.05) is 0 Å². The number of nitrogens with zero attached hydrogens (tertiary/aromatic N) is 2. The van der Waals surface area contributed by atoms with Gasteiger partial charge in [0.15, 0.2) is 9.84 Å². The molecule has 1 N–H and O–H groups in total. The van der Waals surface area contributed by atoms with Gasteiger partial charge < -0.3 is 5.32 Å². The Bertz CT molecular complexity index is 582. The molecule has 1 aromatic heterocycles. The Kier molecular flexibility index (Phi) is 2.80. The summed E-state index contributed by atoms with van der Waals surface area (Å²) in [5, 5.41) is 14.5. The highest BCUT2D eigenvalue weighted by Gasteiger charge is 2.24. The highest BCUT2D eigenvalue weighted by atomic mass is 32.2. The van der Waals surface area contributed by atoms with E-state index in [0.29, 0.717) is 0 Å². The summed E-state index contributed by atoms with van der Waals surface area (Å²) < 4.78 is 22.3. The van der Waals surface area contributed by atoms with E-state index in [1.807, 2.05) is 0 Å². The number of aromatic nitrogens is 1. The zero-order valence-electron chi connectivity index (χ0n) is 8.61. The molecule has 7 nitrogen and oxygen atoms in total. The number of anilines is 1. The molecule has 1 atom stereocenters. The minimum Gasteiger partial charge on any atom is -0.357 e. The first-order valence-electron chi connectivity index (χ1n) is 4.75. The van der Waals surface area contributed by atoms with Crippen molar-refractivity contribution < 1.29 is 13.3 Å². The third kappa shape index (κ3) is 2.59. The predicted octanol–water partition coefficient (Wildman–Crippen LogP) is 0.712. The molecule has 17 heavy (non-hydrogen) atoms. The van der Waals surface area contributed by atoms with Crippen LogP contribution in [0.4, 0.5) is 11.5 Å². The first kappa shape index (κ1) is 11.5. The second-order valence-corrected chi connectivity index (χ2v) is 5.47. The number of hydrogen-bond acceptors (Lipinski definition) is 6. The van der Waals surface area contributed by atoms with Gasteiger partial charge in [-0.3, -0.25) is 10.1 Å². The number of sulfone groups is 1. The zero-order chi connectivity index (χ0) is 12.5. The van der Waals surface area contributed by atoms with E-state index >= 15 is 0 Å². The van der Waals surface area contributed by atoms with Crippen LogP contribution in [0.3, 0.4) is 0 Å². The van der Waals surface area contributed by atoms with Crippen molar-refractivity contribution in [2.45, 2.75) is 6.04 Å². The van der Waals surface area contributed by atoms with Crippen molar-refractivity contribution in [3.05, 3.63) is 39.9 Å². The summed E-state index contributed by atoms with van der Waals surface area (Å²) in [6.07, 6.45) is 2.86. The summed E-state index contributed by atoms with van der Waals surface area (Å²) in [6.45, 7) is 0. The Labute approximate surface area is 97.2 Å². The van der Waals surface area contributed by atoms with Gasteiger partial charge in [0, 0.05) is 17.7 Å². The number of nitro groups is 1. The van der Waals surface area contributed by atoms with Gasteiger partial charge in [-0.2, -0.15) is 0 Å². The molecule has 2 heterocycles. The van der Waals surface area contributed by atoms with E-state index in [-0.39, 0.29) is 17.3 Å². The third-order valence-corrected chi connectivity index (χ3v) is 3.63. The monoisotopic (exact) mass is 255 g/mol. The lowest BCUT2D eigenvalue weighted by Gasteiger charge is -2.10. The van der Waals surface area contributed by atoms with Gasteiger partial charge in [0.25, 0.3) is 0 Å². The molecule has 1 aliphatic rings. The first-order valence-corrected chi connectivity index (χ1v) is 6.46.